The maximum absolute atomic E-state index is 13.3. The highest BCUT2D eigenvalue weighted by atomic mass is 32.2. The Morgan fingerprint density at radius 3 is 2.34 bits per heavy atom. The number of oxime groups is 1. The van der Waals surface area contributed by atoms with Crippen molar-refractivity contribution >= 4 is 61.8 Å². The molecule has 7 N–H and O–H groups in total. The third-order valence-electron chi connectivity index (χ3n) is 7.49. The van der Waals surface area contributed by atoms with Crippen molar-refractivity contribution in [2.75, 3.05) is 12.3 Å². The molecule has 19 nitrogen and oxygen atoms in total. The first-order chi connectivity index (χ1) is 23.3. The molecule has 0 radical (unpaired) electrons. The number of hydrogen-bond acceptors (Lipinski definition) is 15. The number of Topliss-reactive ketones (excluding diaryl/α,β-unsaturated/α-hetero) is 2. The van der Waals surface area contributed by atoms with E-state index in [0.29, 0.717) is 4.73 Å². The molecule has 0 saturated carbocycles. The van der Waals surface area contributed by atoms with E-state index in [4.69, 9.17) is 10.6 Å². The zero-order valence-electron chi connectivity index (χ0n) is 26.2. The SMILES string of the molecule is CC(C)(O/N=C(\C(=O)C[C@@H]1C(=O)N(S(=O)(=O)O)[C@@H]1CNC(=O)c1ccc(C(=O)CCc2cn(O)cc(O)c2=O)cc1)c1csc(N)n1)C(=O)O. The first-order valence-corrected chi connectivity index (χ1v) is 16.7. The summed E-state index contributed by atoms with van der Waals surface area (Å²) in [7, 11) is -5.11. The van der Waals surface area contributed by atoms with Crippen molar-refractivity contribution in [1.29, 1.82) is 0 Å². The lowest BCUT2D eigenvalue weighted by Gasteiger charge is -2.44. The second-order valence-corrected chi connectivity index (χ2v) is 13.6. The van der Waals surface area contributed by atoms with Gasteiger partial charge in [0.1, 0.15) is 5.69 Å². The second-order valence-electron chi connectivity index (χ2n) is 11.4. The van der Waals surface area contributed by atoms with Gasteiger partial charge in [-0.1, -0.05) is 17.3 Å². The molecule has 4 rings (SSSR count). The first kappa shape index (κ1) is 37.2. The van der Waals surface area contributed by atoms with Crippen molar-refractivity contribution in [2.45, 2.75) is 44.8 Å². The Morgan fingerprint density at radius 2 is 1.76 bits per heavy atom. The Kier molecular flexibility index (Phi) is 10.7. The second kappa shape index (κ2) is 14.4. The van der Waals surface area contributed by atoms with Crippen LogP contribution in [0.1, 0.15) is 58.7 Å². The number of nitrogens with one attached hydrogen (secondary N) is 1. The van der Waals surface area contributed by atoms with Crippen LogP contribution in [0.4, 0.5) is 5.13 Å². The fraction of sp³-hybridized carbons (Fsp3) is 0.310. The van der Waals surface area contributed by atoms with Crippen LogP contribution < -0.4 is 16.5 Å². The highest BCUT2D eigenvalue weighted by molar-refractivity contribution is 7.84. The van der Waals surface area contributed by atoms with Crippen LogP contribution in [0.5, 0.6) is 5.75 Å². The zero-order valence-corrected chi connectivity index (χ0v) is 27.8. The van der Waals surface area contributed by atoms with Crippen LogP contribution in [-0.4, -0.2) is 95.7 Å². The lowest BCUT2D eigenvalue weighted by molar-refractivity contribution is -0.161. The van der Waals surface area contributed by atoms with Gasteiger partial charge in [0.2, 0.25) is 16.9 Å². The molecule has 21 heteroatoms. The smallest absolute Gasteiger partial charge is 0.362 e. The Bertz CT molecular complexity index is 2060. The monoisotopic (exact) mass is 734 g/mol. The number of aromatic hydroxyl groups is 1. The number of benzene rings is 1. The summed E-state index contributed by atoms with van der Waals surface area (Å²) >= 11 is 0.927. The lowest BCUT2D eigenvalue weighted by Crippen LogP contribution is -2.66. The number of carbonyl (C=O) groups excluding carboxylic acids is 4. The number of carboxylic acids is 1. The molecule has 3 aromatic rings. The summed E-state index contributed by atoms with van der Waals surface area (Å²) < 4.78 is 34.2. The van der Waals surface area contributed by atoms with Crippen molar-refractivity contribution in [3.05, 3.63) is 74.6 Å². The van der Waals surface area contributed by atoms with Crippen LogP contribution in [0.25, 0.3) is 0 Å². The van der Waals surface area contributed by atoms with Crippen LogP contribution >= 0.6 is 11.3 Å². The molecule has 3 heterocycles. The van der Waals surface area contributed by atoms with E-state index in [1.165, 1.54) is 29.6 Å². The van der Waals surface area contributed by atoms with E-state index in [2.05, 4.69) is 15.5 Å². The molecule has 266 valence electrons. The predicted molar refractivity (Wildman–Crippen MR) is 172 cm³/mol. The van der Waals surface area contributed by atoms with E-state index in [9.17, 15) is 57.2 Å². The number of β-lactam (4-membered cyclic amide) rings is 1. The molecule has 50 heavy (non-hydrogen) atoms. The van der Waals surface area contributed by atoms with Crippen molar-refractivity contribution in [1.82, 2.24) is 19.3 Å². The summed E-state index contributed by atoms with van der Waals surface area (Å²) in [6, 6.07) is 3.79. The van der Waals surface area contributed by atoms with Crippen LogP contribution in [0, 0.1) is 5.92 Å². The normalized spacial score (nSPS) is 16.4. The van der Waals surface area contributed by atoms with Gasteiger partial charge in [0.05, 0.1) is 24.4 Å². The number of nitrogens with zero attached hydrogens (tertiary/aromatic N) is 4. The number of anilines is 1. The highest BCUT2D eigenvalue weighted by Crippen LogP contribution is 2.32. The molecule has 1 aliphatic heterocycles. The average Bonchev–Trinajstić information content (AvgIpc) is 3.47. The van der Waals surface area contributed by atoms with Crippen LogP contribution in [0.15, 0.2) is 52.0 Å². The Balaban J connectivity index is 1.45. The lowest BCUT2D eigenvalue weighted by atomic mass is 9.84. The van der Waals surface area contributed by atoms with E-state index in [0.717, 1.165) is 37.6 Å². The number of aliphatic carboxylic acids is 1. The van der Waals surface area contributed by atoms with E-state index < -0.39 is 87.1 Å². The molecular weight excluding hydrogens is 704 g/mol. The van der Waals surface area contributed by atoms with Crippen LogP contribution in [0.3, 0.4) is 0 Å². The Hall–Kier alpha value is -5.67. The number of aromatic nitrogens is 2. The van der Waals surface area contributed by atoms with Gasteiger partial charge in [-0.2, -0.15) is 13.1 Å². The largest absolute Gasteiger partial charge is 0.503 e. The summed E-state index contributed by atoms with van der Waals surface area (Å²) in [5.74, 6) is -6.75. The summed E-state index contributed by atoms with van der Waals surface area (Å²) in [5, 5.41) is 35.8. The van der Waals surface area contributed by atoms with Crippen LogP contribution in [-0.2, 0) is 35.9 Å². The summed E-state index contributed by atoms with van der Waals surface area (Å²) in [6.07, 6.45) is 0.890. The van der Waals surface area contributed by atoms with Gasteiger partial charge in [0, 0.05) is 41.5 Å². The van der Waals surface area contributed by atoms with Crippen molar-refractivity contribution < 1.29 is 57.2 Å². The van der Waals surface area contributed by atoms with Crippen molar-refractivity contribution in [3.8, 4) is 5.75 Å². The van der Waals surface area contributed by atoms with Gasteiger partial charge in [0.25, 0.3) is 5.91 Å². The molecular formula is C29H30N6O13S2. The van der Waals surface area contributed by atoms with Gasteiger partial charge in [-0.15, -0.1) is 11.3 Å². The van der Waals surface area contributed by atoms with E-state index in [-0.39, 0.29) is 44.7 Å². The fourth-order valence-electron chi connectivity index (χ4n) is 4.72. The number of pyridine rings is 1. The van der Waals surface area contributed by atoms with Crippen molar-refractivity contribution in [3.63, 3.8) is 0 Å². The van der Waals surface area contributed by atoms with Crippen LogP contribution in [0.2, 0.25) is 0 Å². The zero-order chi connectivity index (χ0) is 37.1. The molecule has 1 aliphatic rings. The molecule has 0 unspecified atom stereocenters. The minimum absolute atomic E-state index is 0.00271. The molecule has 0 spiro atoms. The fourth-order valence-corrected chi connectivity index (χ4v) is 6.19. The number of nitrogens with two attached hydrogens (primary N) is 1. The minimum atomic E-state index is -5.11. The summed E-state index contributed by atoms with van der Waals surface area (Å²) in [5.41, 5.74) is 2.61. The van der Waals surface area contributed by atoms with Gasteiger partial charge in [-0.05, 0) is 32.4 Å². The number of nitrogen functional groups attached to an aromatic ring is 1. The molecule has 1 fully saturated rings. The number of rotatable bonds is 15. The standard InChI is InChI=1S/C29H30N6O13S2/c1-29(2,27(42)43)48-33-23(18-13-49-28(30)32-18)21(37)9-17-19(35(26(17)41)50(45,46)47)10-31-25(40)15-5-3-14(4-6-15)20(36)8-7-16-11-34(44)12-22(38)24(16)39/h3-6,11-13,17,19,38,44H,7-10H2,1-2H3,(H2,30,32)(H,31,40)(H,42,43)(H,45,46,47)/b33-23-/t17-,19+/m0/s1. The third kappa shape index (κ3) is 8.30. The number of ketones is 2. The van der Waals surface area contributed by atoms with Crippen molar-refractivity contribution in [2.24, 2.45) is 11.1 Å². The molecule has 2 amide bonds. The number of carboxylic acid groups (broad SMARTS) is 1. The van der Waals surface area contributed by atoms with E-state index >= 15 is 0 Å². The van der Waals surface area contributed by atoms with Gasteiger partial charge in [-0.3, -0.25) is 28.5 Å². The quantitative estimate of drug-likeness (QED) is 0.0304. The molecule has 1 saturated heterocycles. The van der Waals surface area contributed by atoms with Gasteiger partial charge < -0.3 is 31.3 Å². The number of carbonyl (C=O) groups is 5. The first-order valence-electron chi connectivity index (χ1n) is 14.4. The minimum Gasteiger partial charge on any atom is -0.503 e. The van der Waals surface area contributed by atoms with Gasteiger partial charge >= 0.3 is 16.3 Å². The van der Waals surface area contributed by atoms with E-state index in [1.807, 2.05) is 0 Å². The predicted octanol–water partition coefficient (Wildman–Crippen LogP) is 0.248. The number of hydrogen-bond donors (Lipinski definition) is 6. The molecule has 2 aromatic heterocycles. The number of thiazole rings is 1. The molecule has 0 bridgehead atoms. The summed E-state index contributed by atoms with van der Waals surface area (Å²) in [6.45, 7) is 1.78. The summed E-state index contributed by atoms with van der Waals surface area (Å²) in [4.78, 5) is 84.2. The van der Waals surface area contributed by atoms with Gasteiger partial charge in [-0.25, -0.2) is 14.1 Å². The number of aryl methyl sites for hydroxylation is 1. The molecule has 2 atom stereocenters. The number of amides is 2. The average molecular weight is 735 g/mol. The highest BCUT2D eigenvalue weighted by Gasteiger charge is 2.54. The Labute approximate surface area is 286 Å². The Morgan fingerprint density at radius 1 is 1.12 bits per heavy atom. The maximum Gasteiger partial charge on any atom is 0.362 e. The van der Waals surface area contributed by atoms with Gasteiger partial charge in [0.15, 0.2) is 28.2 Å². The maximum atomic E-state index is 13.3. The van der Waals surface area contributed by atoms with E-state index in [1.54, 1.807) is 0 Å². The topological polar surface area (TPSA) is 298 Å². The molecule has 0 aliphatic carbocycles. The third-order valence-corrected chi connectivity index (χ3v) is 9.11. The molecule has 1 aromatic carbocycles.